The Hall–Kier alpha value is -3.12. The van der Waals surface area contributed by atoms with E-state index in [4.69, 9.17) is 11.6 Å². The predicted octanol–water partition coefficient (Wildman–Crippen LogP) is 4.49. The zero-order valence-corrected chi connectivity index (χ0v) is 13.2. The number of imidazole rings is 1. The SMILES string of the molecule is Clc1ccc(Nc2nc(Nc3ccccc3)nc3nc[nH]c23)cc1. The Labute approximate surface area is 142 Å². The van der Waals surface area contributed by atoms with Crippen molar-refractivity contribution in [3.8, 4) is 0 Å². The first-order chi connectivity index (χ1) is 11.8. The minimum atomic E-state index is 0.470. The summed E-state index contributed by atoms with van der Waals surface area (Å²) in [5, 5.41) is 7.13. The number of fused-ring (bicyclic) bond motifs is 1. The normalized spacial score (nSPS) is 10.7. The van der Waals surface area contributed by atoms with Crippen LogP contribution in [0.1, 0.15) is 0 Å². The van der Waals surface area contributed by atoms with Gasteiger partial charge in [-0.3, -0.25) is 0 Å². The Morgan fingerprint density at radius 1 is 0.833 bits per heavy atom. The monoisotopic (exact) mass is 336 g/mol. The van der Waals surface area contributed by atoms with Gasteiger partial charge in [0, 0.05) is 16.4 Å². The number of rotatable bonds is 4. The molecule has 0 bridgehead atoms. The highest BCUT2D eigenvalue weighted by molar-refractivity contribution is 6.30. The molecule has 0 saturated carbocycles. The van der Waals surface area contributed by atoms with Crippen molar-refractivity contribution < 1.29 is 0 Å². The molecule has 4 rings (SSSR count). The largest absolute Gasteiger partial charge is 0.340 e. The Kier molecular flexibility index (Phi) is 3.72. The second kappa shape index (κ2) is 6.17. The van der Waals surface area contributed by atoms with E-state index < -0.39 is 0 Å². The first-order valence-corrected chi connectivity index (χ1v) is 7.71. The van der Waals surface area contributed by atoms with E-state index in [0.717, 1.165) is 16.9 Å². The fourth-order valence-corrected chi connectivity index (χ4v) is 2.43. The van der Waals surface area contributed by atoms with Crippen LogP contribution in [0.25, 0.3) is 11.2 Å². The van der Waals surface area contributed by atoms with Crippen LogP contribution in [0.4, 0.5) is 23.1 Å². The van der Waals surface area contributed by atoms with Crippen molar-refractivity contribution in [2.45, 2.75) is 0 Å². The number of hydrogen-bond donors (Lipinski definition) is 3. The molecule has 0 aliphatic heterocycles. The van der Waals surface area contributed by atoms with Crippen molar-refractivity contribution in [1.82, 2.24) is 19.9 Å². The van der Waals surface area contributed by atoms with Gasteiger partial charge in [-0.2, -0.15) is 9.97 Å². The molecule has 0 unspecified atom stereocenters. The number of aromatic amines is 1. The molecule has 0 spiro atoms. The molecular formula is C17H13ClN6. The molecule has 0 atom stereocenters. The lowest BCUT2D eigenvalue weighted by Crippen LogP contribution is -2.02. The van der Waals surface area contributed by atoms with Crippen LogP contribution in [-0.4, -0.2) is 19.9 Å². The molecule has 0 aliphatic carbocycles. The number of nitrogens with one attached hydrogen (secondary N) is 3. The second-order valence-corrected chi connectivity index (χ2v) is 5.56. The van der Waals surface area contributed by atoms with E-state index in [1.807, 2.05) is 54.6 Å². The molecule has 0 amide bonds. The third-order valence-electron chi connectivity index (χ3n) is 3.42. The van der Waals surface area contributed by atoms with Crippen LogP contribution in [0.15, 0.2) is 60.9 Å². The Bertz CT molecular complexity index is 965. The van der Waals surface area contributed by atoms with Gasteiger partial charge in [0.15, 0.2) is 11.5 Å². The number of anilines is 4. The molecule has 0 saturated heterocycles. The van der Waals surface area contributed by atoms with Crippen LogP contribution in [0, 0.1) is 0 Å². The van der Waals surface area contributed by atoms with Crippen molar-refractivity contribution >= 4 is 45.9 Å². The maximum Gasteiger partial charge on any atom is 0.231 e. The van der Waals surface area contributed by atoms with Crippen molar-refractivity contribution in [2.75, 3.05) is 10.6 Å². The zero-order valence-electron chi connectivity index (χ0n) is 12.5. The molecule has 118 valence electrons. The van der Waals surface area contributed by atoms with Crippen molar-refractivity contribution in [2.24, 2.45) is 0 Å². The van der Waals surface area contributed by atoms with Crippen molar-refractivity contribution in [1.29, 1.82) is 0 Å². The highest BCUT2D eigenvalue weighted by Gasteiger charge is 2.10. The van der Waals surface area contributed by atoms with E-state index in [1.165, 1.54) is 0 Å². The highest BCUT2D eigenvalue weighted by Crippen LogP contribution is 2.24. The van der Waals surface area contributed by atoms with E-state index in [-0.39, 0.29) is 0 Å². The summed E-state index contributed by atoms with van der Waals surface area (Å²) in [4.78, 5) is 16.3. The van der Waals surface area contributed by atoms with Gasteiger partial charge in [-0.05, 0) is 36.4 Å². The first-order valence-electron chi connectivity index (χ1n) is 7.34. The van der Waals surface area contributed by atoms with Crippen molar-refractivity contribution in [3.63, 3.8) is 0 Å². The number of para-hydroxylation sites is 1. The number of benzene rings is 2. The summed E-state index contributed by atoms with van der Waals surface area (Å²) in [6.07, 6.45) is 1.60. The lowest BCUT2D eigenvalue weighted by Gasteiger charge is -2.09. The first kappa shape index (κ1) is 14.5. The standard InChI is InChI=1S/C17H13ClN6/c18-11-6-8-13(9-7-11)21-16-14-15(20-10-19-14)23-17(24-16)22-12-4-2-1-3-5-12/h1-10H,(H3,19,20,21,22,23,24). The van der Waals surface area contributed by atoms with E-state index in [2.05, 4.69) is 30.6 Å². The molecule has 3 N–H and O–H groups in total. The molecule has 7 heteroatoms. The number of nitrogens with zero attached hydrogens (tertiary/aromatic N) is 3. The van der Waals surface area contributed by atoms with Gasteiger partial charge in [0.25, 0.3) is 0 Å². The molecule has 0 radical (unpaired) electrons. The number of H-pyrrole nitrogens is 1. The second-order valence-electron chi connectivity index (χ2n) is 5.12. The van der Waals surface area contributed by atoms with E-state index in [1.54, 1.807) is 6.33 Å². The molecule has 6 nitrogen and oxygen atoms in total. The Morgan fingerprint density at radius 3 is 2.38 bits per heavy atom. The van der Waals surface area contributed by atoms with Crippen LogP contribution in [0.2, 0.25) is 5.02 Å². The number of halogens is 1. The maximum atomic E-state index is 5.93. The molecule has 4 aromatic rings. The predicted molar refractivity (Wildman–Crippen MR) is 96.1 cm³/mol. The van der Waals surface area contributed by atoms with Gasteiger partial charge >= 0.3 is 0 Å². The minimum Gasteiger partial charge on any atom is -0.340 e. The van der Waals surface area contributed by atoms with Gasteiger partial charge in [0.05, 0.1) is 6.33 Å². The number of hydrogen-bond acceptors (Lipinski definition) is 5. The Morgan fingerprint density at radius 2 is 1.58 bits per heavy atom. The van der Waals surface area contributed by atoms with E-state index in [9.17, 15) is 0 Å². The maximum absolute atomic E-state index is 5.93. The quantitative estimate of drug-likeness (QED) is 0.511. The summed E-state index contributed by atoms with van der Waals surface area (Å²) in [7, 11) is 0. The van der Waals surface area contributed by atoms with Gasteiger partial charge in [-0.1, -0.05) is 29.8 Å². The van der Waals surface area contributed by atoms with E-state index >= 15 is 0 Å². The van der Waals surface area contributed by atoms with Gasteiger partial charge in [0.2, 0.25) is 5.95 Å². The zero-order chi connectivity index (χ0) is 16.4. The van der Waals surface area contributed by atoms with Crippen LogP contribution in [0.3, 0.4) is 0 Å². The summed E-state index contributed by atoms with van der Waals surface area (Å²) in [6.45, 7) is 0. The smallest absolute Gasteiger partial charge is 0.231 e. The van der Waals surface area contributed by atoms with Crippen LogP contribution in [-0.2, 0) is 0 Å². The van der Waals surface area contributed by atoms with Crippen molar-refractivity contribution in [3.05, 3.63) is 65.9 Å². The average molecular weight is 337 g/mol. The molecule has 0 aliphatic rings. The number of aromatic nitrogens is 4. The lowest BCUT2D eigenvalue weighted by atomic mass is 10.3. The van der Waals surface area contributed by atoms with Gasteiger partial charge in [-0.25, -0.2) is 4.98 Å². The molecule has 0 fully saturated rings. The summed E-state index contributed by atoms with van der Waals surface area (Å²) in [5.41, 5.74) is 3.10. The van der Waals surface area contributed by atoms with Gasteiger partial charge in [0.1, 0.15) is 5.52 Å². The topological polar surface area (TPSA) is 78.5 Å². The summed E-state index contributed by atoms with van der Waals surface area (Å²) < 4.78 is 0. The Balaban J connectivity index is 1.71. The van der Waals surface area contributed by atoms with E-state index in [0.29, 0.717) is 22.4 Å². The molecule has 2 aromatic carbocycles. The third kappa shape index (κ3) is 3.00. The highest BCUT2D eigenvalue weighted by atomic mass is 35.5. The fraction of sp³-hybridized carbons (Fsp3) is 0. The van der Waals surface area contributed by atoms with Crippen LogP contribution >= 0.6 is 11.6 Å². The fourth-order valence-electron chi connectivity index (χ4n) is 2.30. The van der Waals surface area contributed by atoms with Crippen LogP contribution in [0.5, 0.6) is 0 Å². The minimum absolute atomic E-state index is 0.470. The lowest BCUT2D eigenvalue weighted by molar-refractivity contribution is 1.19. The molecule has 2 aromatic heterocycles. The molecular weight excluding hydrogens is 324 g/mol. The summed E-state index contributed by atoms with van der Waals surface area (Å²) >= 11 is 5.93. The molecule has 24 heavy (non-hydrogen) atoms. The van der Waals surface area contributed by atoms with Gasteiger partial charge in [-0.15, -0.1) is 0 Å². The summed E-state index contributed by atoms with van der Waals surface area (Å²) in [6, 6.07) is 17.2. The van der Waals surface area contributed by atoms with Gasteiger partial charge < -0.3 is 15.6 Å². The summed E-state index contributed by atoms with van der Waals surface area (Å²) in [5.74, 6) is 1.11. The third-order valence-corrected chi connectivity index (χ3v) is 3.67. The molecule has 2 heterocycles. The average Bonchev–Trinajstić information content (AvgIpc) is 3.07. The van der Waals surface area contributed by atoms with Crippen LogP contribution < -0.4 is 10.6 Å².